The van der Waals surface area contributed by atoms with Crippen molar-refractivity contribution in [3.05, 3.63) is 166 Å². The van der Waals surface area contributed by atoms with Crippen molar-refractivity contribution in [1.82, 2.24) is 29.0 Å². The molecule has 1 aliphatic carbocycles. The molecular weight excluding hydrogens is 821 g/mol. The molecule has 0 radical (unpaired) electrons. The molecule has 0 atom stereocenters. The van der Waals surface area contributed by atoms with E-state index < -0.39 is 0 Å². The second-order valence-corrected chi connectivity index (χ2v) is 15.9. The van der Waals surface area contributed by atoms with Gasteiger partial charge in [-0.1, -0.05) is 66.7 Å². The molecule has 12 aromatic rings. The van der Waals surface area contributed by atoms with Crippen molar-refractivity contribution in [2.75, 3.05) is 0 Å². The van der Waals surface area contributed by atoms with Gasteiger partial charge in [0.2, 0.25) is 11.8 Å². The molecule has 0 fully saturated rings. The van der Waals surface area contributed by atoms with Gasteiger partial charge in [0, 0.05) is 43.5 Å². The van der Waals surface area contributed by atoms with Crippen LogP contribution in [0.25, 0.3) is 93.5 Å². The van der Waals surface area contributed by atoms with Gasteiger partial charge in [-0.05, 0) is 79.6 Å². The van der Waals surface area contributed by atoms with Gasteiger partial charge in [0.1, 0.15) is 34.2 Å². The number of benzene rings is 7. The fourth-order valence-corrected chi connectivity index (χ4v) is 9.15. The zero-order valence-electron chi connectivity index (χ0n) is 33.7. The fraction of sp³-hybridized carbons (Fsp3) is 0.0400. The number of imidazole rings is 2. The number of phenols is 2. The van der Waals surface area contributed by atoms with Gasteiger partial charge in [-0.25, -0.2) is 9.97 Å². The quantitative estimate of drug-likeness (QED) is 0.153. The number of allylic oxidation sites excluding steroid dienone is 4. The topological polar surface area (TPSA) is 198 Å². The van der Waals surface area contributed by atoms with Crippen LogP contribution in [-0.2, 0) is 0 Å². The number of hydrogen-bond acceptors (Lipinski definition) is 13. The van der Waals surface area contributed by atoms with Crippen molar-refractivity contribution >= 4 is 99.1 Å². The van der Waals surface area contributed by atoms with Crippen LogP contribution >= 0.6 is 0 Å². The van der Waals surface area contributed by atoms with E-state index in [0.29, 0.717) is 107 Å². The van der Waals surface area contributed by atoms with E-state index in [9.17, 15) is 19.8 Å². The molecule has 5 aromatic heterocycles. The highest BCUT2D eigenvalue weighted by Crippen LogP contribution is 2.43. The number of hydrogen-bond donors (Lipinski definition) is 2. The molecule has 15 nitrogen and oxygen atoms in total. The molecule has 13 rings (SSSR count). The molecule has 0 saturated carbocycles. The molecule has 0 bridgehead atoms. The van der Waals surface area contributed by atoms with Crippen LogP contribution in [0.4, 0.5) is 17.1 Å². The van der Waals surface area contributed by atoms with Crippen LogP contribution in [0.2, 0.25) is 0 Å². The second-order valence-electron chi connectivity index (χ2n) is 15.9. The van der Waals surface area contributed by atoms with Gasteiger partial charge in [-0.3, -0.25) is 18.4 Å². The lowest BCUT2D eigenvalue weighted by atomic mass is 10.0. The van der Waals surface area contributed by atoms with Gasteiger partial charge < -0.3 is 14.6 Å². The van der Waals surface area contributed by atoms with Crippen molar-refractivity contribution in [3.8, 4) is 23.0 Å². The number of phenolic OH excluding ortho intramolecular Hbond substituents is 2. The van der Waals surface area contributed by atoms with E-state index in [1.807, 2.05) is 97.1 Å². The molecule has 2 N–H and O–H groups in total. The largest absolute Gasteiger partial charge is 0.506 e. The Morgan fingerprint density at radius 1 is 0.523 bits per heavy atom. The molecule has 0 aliphatic heterocycles. The third-order valence-corrected chi connectivity index (χ3v) is 12.2. The summed E-state index contributed by atoms with van der Waals surface area (Å²) in [5, 5.41) is 53.6. The van der Waals surface area contributed by atoms with Crippen molar-refractivity contribution in [1.29, 1.82) is 0 Å². The Bertz CT molecular complexity index is 4260. The summed E-state index contributed by atoms with van der Waals surface area (Å²) in [5.74, 6) is 0.385. The van der Waals surface area contributed by atoms with E-state index in [1.165, 1.54) is 12.1 Å². The average Bonchev–Trinajstić information content (AvgIpc) is 4.09. The van der Waals surface area contributed by atoms with Crippen LogP contribution in [0.15, 0.2) is 174 Å². The molecule has 1 aliphatic rings. The molecular formula is C50H28N10O5. The summed E-state index contributed by atoms with van der Waals surface area (Å²) in [6.07, 6.45) is 4.78. The van der Waals surface area contributed by atoms with E-state index in [4.69, 9.17) is 14.4 Å². The minimum atomic E-state index is -0.272. The van der Waals surface area contributed by atoms with E-state index in [1.54, 1.807) is 33.1 Å². The number of azo groups is 2. The first kappa shape index (κ1) is 36.4. The lowest BCUT2D eigenvalue weighted by Crippen LogP contribution is -2.13. The van der Waals surface area contributed by atoms with E-state index in [2.05, 4.69) is 30.7 Å². The van der Waals surface area contributed by atoms with Gasteiger partial charge >= 0.3 is 0 Å². The maximum Gasteiger partial charge on any atom is 0.264 e. The molecule has 7 aromatic carbocycles. The van der Waals surface area contributed by atoms with Gasteiger partial charge in [0.05, 0.1) is 44.2 Å². The minimum Gasteiger partial charge on any atom is -0.506 e. The number of fused-ring (bicyclic) bond motifs is 8. The van der Waals surface area contributed by atoms with Crippen LogP contribution in [0.5, 0.6) is 11.5 Å². The summed E-state index contributed by atoms with van der Waals surface area (Å²) in [4.78, 5) is 37.1. The highest BCUT2D eigenvalue weighted by molar-refractivity contribution is 6.20. The first-order valence-electron chi connectivity index (χ1n) is 20.7. The van der Waals surface area contributed by atoms with E-state index in [0.717, 1.165) is 16.3 Å². The molecule has 308 valence electrons. The zero-order valence-corrected chi connectivity index (χ0v) is 33.7. The Morgan fingerprint density at radius 3 is 1.63 bits per heavy atom. The van der Waals surface area contributed by atoms with Crippen LogP contribution in [0.3, 0.4) is 0 Å². The molecule has 0 unspecified atom stereocenters. The van der Waals surface area contributed by atoms with Crippen molar-refractivity contribution in [2.45, 2.75) is 12.8 Å². The third-order valence-electron chi connectivity index (χ3n) is 12.2. The summed E-state index contributed by atoms with van der Waals surface area (Å²) in [6.45, 7) is 0. The summed E-state index contributed by atoms with van der Waals surface area (Å²) < 4.78 is 9.27. The number of aromatic hydroxyl groups is 2. The van der Waals surface area contributed by atoms with Crippen LogP contribution in [0.1, 0.15) is 18.7 Å². The monoisotopic (exact) mass is 848 g/mol. The summed E-state index contributed by atoms with van der Waals surface area (Å²) in [6, 6.07) is 36.1. The van der Waals surface area contributed by atoms with Crippen LogP contribution in [0, 0.1) is 0 Å². The van der Waals surface area contributed by atoms with E-state index in [-0.39, 0.29) is 34.0 Å². The maximum atomic E-state index is 13.8. The van der Waals surface area contributed by atoms with Gasteiger partial charge in [0.15, 0.2) is 0 Å². The SMILES string of the molecule is O=c1c2cc(O)c(N=NC3=CC=C(c4nnc(-c5ccc(N=Nc6c(O)cc7c(=O)n8c9ccccc9nc8c8cccc6c78)cc5)o4)CC3)c3cccc(c32)c2nc3ccccc3n12. The minimum absolute atomic E-state index is 0.147. The smallest absolute Gasteiger partial charge is 0.264 e. The number of nitrogens with zero attached hydrogens (tertiary/aromatic N) is 10. The molecule has 0 saturated heterocycles. The number of aromatic nitrogens is 6. The first-order chi connectivity index (χ1) is 31.9. The highest BCUT2D eigenvalue weighted by Gasteiger charge is 2.22. The van der Waals surface area contributed by atoms with Crippen molar-refractivity contribution in [2.24, 2.45) is 20.5 Å². The van der Waals surface area contributed by atoms with Gasteiger partial charge in [-0.2, -0.15) is 10.2 Å². The third kappa shape index (κ3) is 5.42. The summed E-state index contributed by atoms with van der Waals surface area (Å²) >= 11 is 0. The summed E-state index contributed by atoms with van der Waals surface area (Å²) in [7, 11) is 0. The van der Waals surface area contributed by atoms with Crippen LogP contribution in [-0.4, -0.2) is 39.2 Å². The Labute approximate surface area is 363 Å². The van der Waals surface area contributed by atoms with Crippen LogP contribution < -0.4 is 11.1 Å². The molecule has 65 heavy (non-hydrogen) atoms. The normalized spacial score (nSPS) is 13.7. The Morgan fingerprint density at radius 2 is 1.06 bits per heavy atom. The lowest BCUT2D eigenvalue weighted by Gasteiger charge is -2.11. The molecule has 0 amide bonds. The van der Waals surface area contributed by atoms with Crippen molar-refractivity contribution < 1.29 is 14.6 Å². The van der Waals surface area contributed by atoms with Gasteiger partial charge in [0.25, 0.3) is 11.1 Å². The maximum absolute atomic E-state index is 13.8. The molecule has 0 spiro atoms. The number of rotatable bonds is 6. The first-order valence-corrected chi connectivity index (χ1v) is 20.7. The van der Waals surface area contributed by atoms with Gasteiger partial charge in [-0.15, -0.1) is 20.4 Å². The second kappa shape index (κ2) is 13.6. The van der Waals surface area contributed by atoms with E-state index >= 15 is 0 Å². The predicted molar refractivity (Wildman–Crippen MR) is 247 cm³/mol. The fourth-order valence-electron chi connectivity index (χ4n) is 9.15. The average molecular weight is 849 g/mol. The van der Waals surface area contributed by atoms with Crippen molar-refractivity contribution in [3.63, 3.8) is 0 Å². The lowest BCUT2D eigenvalue weighted by molar-refractivity contribution is 0.477. The Kier molecular flexibility index (Phi) is 7.64. The predicted octanol–water partition coefficient (Wildman–Crippen LogP) is 11.2. The Hall–Kier alpha value is -9.24. The number of pyridine rings is 2. The Balaban J connectivity index is 0.755. The zero-order chi connectivity index (χ0) is 43.5. The molecule has 5 heterocycles. The molecule has 15 heteroatoms. The number of para-hydroxylation sites is 4. The summed E-state index contributed by atoms with van der Waals surface area (Å²) in [5.41, 5.74) is 6.59. The highest BCUT2D eigenvalue weighted by atomic mass is 16.4. The standard InChI is InChI=1S/C50H28N10O5/c61-39-23-33-41-29(7-5-9-31(41)45-51-35-11-1-3-13-37(35)59(45)49(33)63)43(39)55-53-27-19-15-25(16-20-27)47-57-58-48(65-47)26-17-21-28(22-18-26)54-56-44-30-8-6-10-32-42(30)34(24-40(44)62)50(64)60-38-14-4-2-12-36(38)52-46(32)60/h1-17,19-21,23-24,61-62H,18,22H2.